The van der Waals surface area contributed by atoms with Gasteiger partial charge in [0.15, 0.2) is 0 Å². The summed E-state index contributed by atoms with van der Waals surface area (Å²) in [5.74, 6) is 0.105. The Morgan fingerprint density at radius 1 is 0.792 bits per heavy atom. The van der Waals surface area contributed by atoms with Crippen LogP contribution in [0.15, 0.2) is 12.1 Å². The van der Waals surface area contributed by atoms with E-state index in [1.165, 1.54) is 0 Å². The third kappa shape index (κ3) is 6.88. The summed E-state index contributed by atoms with van der Waals surface area (Å²) in [6, 6.07) is 4.13. The maximum atomic E-state index is 11.2. The summed E-state index contributed by atoms with van der Waals surface area (Å²) in [7, 11) is -6.42. The van der Waals surface area contributed by atoms with Crippen molar-refractivity contribution in [2.45, 2.75) is 39.5 Å². The van der Waals surface area contributed by atoms with E-state index in [9.17, 15) is 16.8 Å². The van der Waals surface area contributed by atoms with Crippen LogP contribution in [0.1, 0.15) is 47.9 Å². The highest BCUT2D eigenvalue weighted by Crippen LogP contribution is 2.27. The zero-order valence-corrected chi connectivity index (χ0v) is 16.8. The molecule has 0 aromatic heterocycles. The second-order valence-electron chi connectivity index (χ2n) is 6.61. The molecule has 2 atom stereocenters. The molecule has 8 heteroatoms. The molecule has 138 valence electrons. The molecule has 0 amide bonds. The highest BCUT2D eigenvalue weighted by Gasteiger charge is 2.16. The van der Waals surface area contributed by atoms with Gasteiger partial charge in [0.1, 0.15) is 0 Å². The van der Waals surface area contributed by atoms with E-state index in [4.69, 9.17) is 0 Å². The molecule has 0 radical (unpaired) electrons. The average molecular weight is 377 g/mol. The van der Waals surface area contributed by atoms with Gasteiger partial charge in [-0.25, -0.2) is 26.3 Å². The zero-order chi connectivity index (χ0) is 18.7. The van der Waals surface area contributed by atoms with Crippen molar-refractivity contribution in [1.82, 2.24) is 9.44 Å². The first-order valence-corrected chi connectivity index (χ1v) is 11.6. The molecule has 0 spiro atoms. The van der Waals surface area contributed by atoms with E-state index in [2.05, 4.69) is 21.6 Å². The smallest absolute Gasteiger partial charge is 0.208 e. The Labute approximate surface area is 146 Å². The summed E-state index contributed by atoms with van der Waals surface area (Å²) < 4.78 is 50.1. The Hall–Kier alpha value is -0.960. The van der Waals surface area contributed by atoms with E-state index < -0.39 is 20.0 Å². The normalized spacial score (nSPS) is 15.2. The van der Waals surface area contributed by atoms with Gasteiger partial charge in [0.05, 0.1) is 12.5 Å². The van der Waals surface area contributed by atoms with Gasteiger partial charge in [-0.1, -0.05) is 26.0 Å². The standard InChI is InChI=1S/C16H28N2O4S2/c1-11-7-16(14(4)10-18-24(6,21)22)12(2)8-15(11)13(3)9-17-23(5,19)20/h7-8,13-14,17-18H,9-10H2,1-6H3. The van der Waals surface area contributed by atoms with E-state index in [-0.39, 0.29) is 11.8 Å². The molecule has 0 aliphatic heterocycles. The number of sulfonamides is 2. The first-order chi connectivity index (χ1) is 10.8. The molecule has 0 aliphatic rings. The Kier molecular flexibility index (Phi) is 6.98. The maximum absolute atomic E-state index is 11.2. The number of benzene rings is 1. The van der Waals surface area contributed by atoms with Crippen LogP contribution in [0.2, 0.25) is 0 Å². The fraction of sp³-hybridized carbons (Fsp3) is 0.625. The van der Waals surface area contributed by atoms with Crippen LogP contribution >= 0.6 is 0 Å². The van der Waals surface area contributed by atoms with Crippen molar-refractivity contribution in [1.29, 1.82) is 0 Å². The molecule has 24 heavy (non-hydrogen) atoms. The van der Waals surface area contributed by atoms with E-state index in [0.29, 0.717) is 13.1 Å². The summed E-state index contributed by atoms with van der Waals surface area (Å²) in [4.78, 5) is 0. The highest BCUT2D eigenvalue weighted by atomic mass is 32.2. The lowest BCUT2D eigenvalue weighted by atomic mass is 9.88. The van der Waals surface area contributed by atoms with E-state index >= 15 is 0 Å². The van der Waals surface area contributed by atoms with Crippen molar-refractivity contribution in [2.75, 3.05) is 25.6 Å². The summed E-state index contributed by atoms with van der Waals surface area (Å²) in [6.45, 7) is 8.65. The molecule has 2 N–H and O–H groups in total. The Morgan fingerprint density at radius 2 is 1.08 bits per heavy atom. The molecular weight excluding hydrogens is 348 g/mol. The fourth-order valence-electron chi connectivity index (χ4n) is 2.70. The molecule has 0 heterocycles. The summed E-state index contributed by atoms with van der Waals surface area (Å²) >= 11 is 0. The molecule has 0 saturated carbocycles. The van der Waals surface area contributed by atoms with Crippen LogP contribution in [-0.4, -0.2) is 42.4 Å². The minimum absolute atomic E-state index is 0.0527. The van der Waals surface area contributed by atoms with Crippen LogP contribution in [0.4, 0.5) is 0 Å². The first-order valence-electron chi connectivity index (χ1n) is 7.80. The maximum Gasteiger partial charge on any atom is 0.208 e. The van der Waals surface area contributed by atoms with Crippen molar-refractivity contribution >= 4 is 20.0 Å². The van der Waals surface area contributed by atoms with Gasteiger partial charge in [0, 0.05) is 13.1 Å². The molecule has 0 aliphatic carbocycles. The fourth-order valence-corrected chi connectivity index (χ4v) is 3.80. The van der Waals surface area contributed by atoms with Crippen LogP contribution in [0.5, 0.6) is 0 Å². The van der Waals surface area contributed by atoms with Crippen molar-refractivity contribution < 1.29 is 16.8 Å². The highest BCUT2D eigenvalue weighted by molar-refractivity contribution is 7.89. The molecule has 6 nitrogen and oxygen atoms in total. The molecule has 1 aromatic carbocycles. The van der Waals surface area contributed by atoms with Gasteiger partial charge in [0.25, 0.3) is 0 Å². The second-order valence-corrected chi connectivity index (χ2v) is 10.3. The predicted molar refractivity (Wildman–Crippen MR) is 98.4 cm³/mol. The summed E-state index contributed by atoms with van der Waals surface area (Å²) in [6.07, 6.45) is 2.30. The molecule has 0 saturated heterocycles. The molecule has 1 rings (SSSR count). The van der Waals surface area contributed by atoms with E-state index in [1.807, 2.05) is 27.7 Å². The monoisotopic (exact) mass is 376 g/mol. The zero-order valence-electron chi connectivity index (χ0n) is 15.2. The lowest BCUT2D eigenvalue weighted by Crippen LogP contribution is -2.27. The van der Waals surface area contributed by atoms with Gasteiger partial charge in [-0.2, -0.15) is 0 Å². The molecular formula is C16H28N2O4S2. The van der Waals surface area contributed by atoms with E-state index in [0.717, 1.165) is 34.8 Å². The van der Waals surface area contributed by atoms with E-state index in [1.54, 1.807) is 0 Å². The SMILES string of the molecule is Cc1cc(C(C)CNS(C)(=O)=O)c(C)cc1C(C)CNS(C)(=O)=O. The van der Waals surface area contributed by atoms with Crippen LogP contribution in [0.25, 0.3) is 0 Å². The van der Waals surface area contributed by atoms with Crippen molar-refractivity contribution in [3.8, 4) is 0 Å². The number of rotatable bonds is 8. The topological polar surface area (TPSA) is 92.3 Å². The first kappa shape index (κ1) is 21.1. The van der Waals surface area contributed by atoms with Crippen molar-refractivity contribution in [2.24, 2.45) is 0 Å². The third-order valence-electron chi connectivity index (χ3n) is 4.02. The molecule has 0 bridgehead atoms. The number of nitrogens with one attached hydrogen (secondary N) is 2. The van der Waals surface area contributed by atoms with Gasteiger partial charge in [0.2, 0.25) is 20.0 Å². The Balaban J connectivity index is 2.96. The average Bonchev–Trinajstić information content (AvgIpc) is 2.42. The van der Waals surface area contributed by atoms with Gasteiger partial charge in [-0.3, -0.25) is 0 Å². The van der Waals surface area contributed by atoms with Gasteiger partial charge in [-0.15, -0.1) is 0 Å². The quantitative estimate of drug-likeness (QED) is 0.721. The lowest BCUT2D eigenvalue weighted by molar-refractivity contribution is 0.578. The second kappa shape index (κ2) is 7.95. The third-order valence-corrected chi connectivity index (χ3v) is 5.40. The number of hydrogen-bond donors (Lipinski definition) is 2. The van der Waals surface area contributed by atoms with Gasteiger partial charge in [-0.05, 0) is 47.9 Å². The van der Waals surface area contributed by atoms with Crippen LogP contribution in [-0.2, 0) is 20.0 Å². The van der Waals surface area contributed by atoms with Crippen LogP contribution in [0.3, 0.4) is 0 Å². The largest absolute Gasteiger partial charge is 0.215 e. The minimum Gasteiger partial charge on any atom is -0.215 e. The lowest BCUT2D eigenvalue weighted by Gasteiger charge is -2.21. The van der Waals surface area contributed by atoms with Crippen LogP contribution < -0.4 is 9.44 Å². The van der Waals surface area contributed by atoms with Crippen LogP contribution in [0, 0.1) is 13.8 Å². The summed E-state index contributed by atoms with van der Waals surface area (Å²) in [5.41, 5.74) is 4.33. The molecule has 2 unspecified atom stereocenters. The Bertz CT molecular complexity index is 719. The summed E-state index contributed by atoms with van der Waals surface area (Å²) in [5, 5.41) is 0. The van der Waals surface area contributed by atoms with Gasteiger partial charge >= 0.3 is 0 Å². The number of hydrogen-bond acceptors (Lipinski definition) is 4. The number of aryl methyl sites for hydroxylation is 2. The Morgan fingerprint density at radius 3 is 1.33 bits per heavy atom. The predicted octanol–water partition coefficient (Wildman–Crippen LogP) is 1.61. The van der Waals surface area contributed by atoms with Crippen molar-refractivity contribution in [3.63, 3.8) is 0 Å². The molecule has 1 aromatic rings. The molecule has 0 fully saturated rings. The van der Waals surface area contributed by atoms with Gasteiger partial charge < -0.3 is 0 Å². The minimum atomic E-state index is -3.21. The van der Waals surface area contributed by atoms with Crippen molar-refractivity contribution in [3.05, 3.63) is 34.4 Å².